The Kier molecular flexibility index (Phi) is 5.24. The summed E-state index contributed by atoms with van der Waals surface area (Å²) in [7, 11) is -4.04. The number of sulfonamides is 1. The number of aryl methyl sites for hydroxylation is 2. The van der Waals surface area contributed by atoms with Gasteiger partial charge in [0.2, 0.25) is 15.9 Å². The van der Waals surface area contributed by atoms with Crippen LogP contribution in [-0.4, -0.2) is 36.4 Å². The Hall–Kier alpha value is -2.40. The first-order valence-corrected chi connectivity index (χ1v) is 9.88. The molecule has 2 aromatic rings. The minimum atomic E-state index is -4.55. The van der Waals surface area contributed by atoms with Crippen molar-refractivity contribution in [2.45, 2.75) is 43.8 Å². The van der Waals surface area contributed by atoms with Gasteiger partial charge in [-0.15, -0.1) is 0 Å². The van der Waals surface area contributed by atoms with Crippen LogP contribution in [0.4, 0.5) is 18.9 Å². The maximum atomic E-state index is 13.0. The molecule has 1 N–H and O–H groups in total. The number of halogens is 3. The minimum Gasteiger partial charge on any atom is -0.360 e. The first-order chi connectivity index (χ1) is 13.0. The number of anilines is 1. The van der Waals surface area contributed by atoms with Crippen LogP contribution in [0, 0.1) is 13.8 Å². The molecular formula is C17H18F3N3O4S. The van der Waals surface area contributed by atoms with Crippen LogP contribution in [-0.2, 0) is 21.0 Å². The van der Waals surface area contributed by atoms with Crippen LogP contribution in [0.2, 0.25) is 0 Å². The molecule has 1 aliphatic rings. The Bertz CT molecular complexity index is 982. The average molecular weight is 417 g/mol. The number of hydrogen-bond donors (Lipinski definition) is 1. The van der Waals surface area contributed by atoms with E-state index >= 15 is 0 Å². The topological polar surface area (TPSA) is 92.5 Å². The van der Waals surface area contributed by atoms with Crippen LogP contribution < -0.4 is 5.32 Å². The molecule has 1 fully saturated rings. The first kappa shape index (κ1) is 20.3. The van der Waals surface area contributed by atoms with Gasteiger partial charge in [-0.05, 0) is 44.9 Å². The van der Waals surface area contributed by atoms with Crippen molar-refractivity contribution in [3.63, 3.8) is 0 Å². The smallest absolute Gasteiger partial charge is 0.360 e. The second-order valence-electron chi connectivity index (χ2n) is 6.49. The van der Waals surface area contributed by atoms with Crippen molar-refractivity contribution in [3.05, 3.63) is 41.3 Å². The van der Waals surface area contributed by atoms with Crippen molar-refractivity contribution in [1.29, 1.82) is 0 Å². The standard InChI is InChI=1S/C17H18F3N3O4S/c1-10-15(11(2)27-22-10)28(25,26)23-8-4-7-14(23)16(24)21-13-6-3-5-12(9-13)17(18,19)20/h3,5-6,9,14H,4,7-8H2,1-2H3,(H,21,24)/t14-/m1/s1. The van der Waals surface area contributed by atoms with Crippen molar-refractivity contribution in [1.82, 2.24) is 9.46 Å². The van der Waals surface area contributed by atoms with E-state index in [0.29, 0.717) is 6.42 Å². The molecule has 0 unspecified atom stereocenters. The number of carbonyl (C=O) groups excluding carboxylic acids is 1. The number of amides is 1. The molecule has 0 radical (unpaired) electrons. The molecule has 1 aromatic carbocycles. The Morgan fingerprint density at radius 3 is 2.64 bits per heavy atom. The third kappa shape index (κ3) is 3.76. The summed E-state index contributed by atoms with van der Waals surface area (Å²) in [5.74, 6) is -0.575. The third-order valence-electron chi connectivity index (χ3n) is 4.50. The Labute approximate surface area is 159 Å². The van der Waals surface area contributed by atoms with E-state index in [1.54, 1.807) is 0 Å². The molecule has 1 amide bonds. The molecular weight excluding hydrogens is 399 g/mol. The maximum absolute atomic E-state index is 13.0. The fourth-order valence-corrected chi connectivity index (χ4v) is 5.20. The van der Waals surface area contributed by atoms with Crippen LogP contribution in [0.3, 0.4) is 0 Å². The summed E-state index contributed by atoms with van der Waals surface area (Å²) in [5.41, 5.74) is -0.778. The van der Waals surface area contributed by atoms with Gasteiger partial charge in [-0.1, -0.05) is 11.2 Å². The highest BCUT2D eigenvalue weighted by molar-refractivity contribution is 7.89. The van der Waals surface area contributed by atoms with Gasteiger partial charge in [0, 0.05) is 12.2 Å². The predicted octanol–water partition coefficient (Wildman–Crippen LogP) is 3.10. The van der Waals surface area contributed by atoms with Gasteiger partial charge in [-0.3, -0.25) is 4.79 Å². The van der Waals surface area contributed by atoms with Gasteiger partial charge in [0.1, 0.15) is 16.6 Å². The molecule has 1 aliphatic heterocycles. The average Bonchev–Trinajstić information content (AvgIpc) is 3.22. The van der Waals surface area contributed by atoms with Crippen LogP contribution >= 0.6 is 0 Å². The number of alkyl halides is 3. The normalized spacial score (nSPS) is 18.4. The molecule has 28 heavy (non-hydrogen) atoms. The number of nitrogens with zero attached hydrogens (tertiary/aromatic N) is 2. The molecule has 1 atom stereocenters. The van der Waals surface area contributed by atoms with Gasteiger partial charge >= 0.3 is 6.18 Å². The lowest BCUT2D eigenvalue weighted by Crippen LogP contribution is -2.43. The van der Waals surface area contributed by atoms with Gasteiger partial charge < -0.3 is 9.84 Å². The van der Waals surface area contributed by atoms with Gasteiger partial charge in [-0.25, -0.2) is 8.42 Å². The lowest BCUT2D eigenvalue weighted by Gasteiger charge is -2.23. The summed E-state index contributed by atoms with van der Waals surface area (Å²) >= 11 is 0. The number of carbonyl (C=O) groups is 1. The summed E-state index contributed by atoms with van der Waals surface area (Å²) < 4.78 is 70.5. The van der Waals surface area contributed by atoms with Gasteiger partial charge in [0.15, 0.2) is 5.76 Å². The first-order valence-electron chi connectivity index (χ1n) is 8.44. The number of hydrogen-bond acceptors (Lipinski definition) is 5. The summed E-state index contributed by atoms with van der Waals surface area (Å²) in [4.78, 5) is 12.5. The molecule has 1 saturated heterocycles. The number of aromatic nitrogens is 1. The highest BCUT2D eigenvalue weighted by atomic mass is 32.2. The molecule has 1 aromatic heterocycles. The highest BCUT2D eigenvalue weighted by Gasteiger charge is 2.42. The van der Waals surface area contributed by atoms with E-state index in [1.165, 1.54) is 26.0 Å². The Morgan fingerprint density at radius 1 is 1.32 bits per heavy atom. The minimum absolute atomic E-state index is 0.0542. The van der Waals surface area contributed by atoms with Crippen LogP contribution in [0.5, 0.6) is 0 Å². The number of nitrogens with one attached hydrogen (secondary N) is 1. The molecule has 2 heterocycles. The van der Waals surface area contributed by atoms with Gasteiger partial charge in [-0.2, -0.15) is 17.5 Å². The van der Waals surface area contributed by atoms with E-state index in [-0.39, 0.29) is 35.0 Å². The van der Waals surface area contributed by atoms with E-state index in [4.69, 9.17) is 4.52 Å². The second-order valence-corrected chi connectivity index (χ2v) is 8.32. The molecule has 152 valence electrons. The summed E-state index contributed by atoms with van der Waals surface area (Å²) in [6, 6.07) is 3.15. The van der Waals surface area contributed by atoms with Crippen molar-refractivity contribution in [2.24, 2.45) is 0 Å². The molecule has 0 bridgehead atoms. The van der Waals surface area contributed by atoms with Crippen LogP contribution in [0.15, 0.2) is 33.7 Å². The van der Waals surface area contributed by atoms with E-state index in [0.717, 1.165) is 16.4 Å². The lowest BCUT2D eigenvalue weighted by molar-refractivity contribution is -0.137. The quantitative estimate of drug-likeness (QED) is 0.825. The van der Waals surface area contributed by atoms with E-state index < -0.39 is 33.7 Å². The molecule has 7 nitrogen and oxygen atoms in total. The van der Waals surface area contributed by atoms with Crippen molar-refractivity contribution >= 4 is 21.6 Å². The maximum Gasteiger partial charge on any atom is 0.416 e. The molecule has 0 saturated carbocycles. The van der Waals surface area contributed by atoms with Crippen LogP contribution in [0.25, 0.3) is 0 Å². The highest BCUT2D eigenvalue weighted by Crippen LogP contribution is 2.32. The fraction of sp³-hybridized carbons (Fsp3) is 0.412. The zero-order chi connectivity index (χ0) is 20.7. The lowest BCUT2D eigenvalue weighted by atomic mass is 10.1. The van der Waals surface area contributed by atoms with Crippen molar-refractivity contribution < 1.29 is 30.9 Å². The molecule has 0 aliphatic carbocycles. The Morgan fingerprint density at radius 2 is 2.04 bits per heavy atom. The largest absolute Gasteiger partial charge is 0.416 e. The zero-order valence-corrected chi connectivity index (χ0v) is 15.9. The van der Waals surface area contributed by atoms with Crippen LogP contribution in [0.1, 0.15) is 29.9 Å². The predicted molar refractivity (Wildman–Crippen MR) is 93.0 cm³/mol. The van der Waals surface area contributed by atoms with Gasteiger partial charge in [0.05, 0.1) is 5.56 Å². The summed E-state index contributed by atoms with van der Waals surface area (Å²) in [6.07, 6.45) is -3.84. The number of benzene rings is 1. The number of rotatable bonds is 4. The summed E-state index contributed by atoms with van der Waals surface area (Å²) in [5, 5.41) is 6.03. The Balaban J connectivity index is 1.84. The van der Waals surface area contributed by atoms with Gasteiger partial charge in [0.25, 0.3) is 0 Å². The molecule has 11 heteroatoms. The van der Waals surface area contributed by atoms with E-state index in [2.05, 4.69) is 10.5 Å². The van der Waals surface area contributed by atoms with E-state index in [9.17, 15) is 26.4 Å². The van der Waals surface area contributed by atoms with Crippen molar-refractivity contribution in [2.75, 3.05) is 11.9 Å². The molecule has 3 rings (SSSR count). The monoisotopic (exact) mass is 417 g/mol. The third-order valence-corrected chi connectivity index (χ3v) is 6.65. The van der Waals surface area contributed by atoms with E-state index in [1.807, 2.05) is 0 Å². The molecule has 0 spiro atoms. The zero-order valence-electron chi connectivity index (χ0n) is 15.1. The summed E-state index contributed by atoms with van der Waals surface area (Å²) in [6.45, 7) is 3.06. The second kappa shape index (κ2) is 7.21. The SMILES string of the molecule is Cc1noc(C)c1S(=O)(=O)N1CCC[C@@H]1C(=O)Nc1cccc(C(F)(F)F)c1. The fourth-order valence-electron chi connectivity index (χ4n) is 3.25. The van der Waals surface area contributed by atoms with Crippen molar-refractivity contribution in [3.8, 4) is 0 Å².